The van der Waals surface area contributed by atoms with Crippen LogP contribution in [-0.2, 0) is 9.59 Å². The molecular weight excluding hydrogens is 713 g/mol. The van der Waals surface area contributed by atoms with Crippen LogP contribution in [0.25, 0.3) is 33.6 Å². The average molecular weight is 759 g/mol. The molecule has 4 aliphatic carbocycles. The van der Waals surface area contributed by atoms with Crippen LogP contribution in [0.3, 0.4) is 0 Å². The van der Waals surface area contributed by atoms with E-state index < -0.39 is 24.3 Å². The minimum Gasteiger partial charge on any atom is -0.465 e. The number of piperidine rings is 2. The van der Waals surface area contributed by atoms with Crippen LogP contribution in [0.15, 0.2) is 48.8 Å². The summed E-state index contributed by atoms with van der Waals surface area (Å²) in [4.78, 5) is 70.7. The standard InChI is InChI=1S/C42H46N8O6/c1-19-20(2)28(30-18-44-38(46-30)34-16-26-14-32(26)50(34)40(52)36(24-9-10-24)48-42(55)56)12-11-27(19)21-3-5-22(6-4-21)29-17-43-37(45-29)33-15-25-13-31(25)49(33)39(51)35(23-7-8-23)47-41(53)54/h3-6,11-12,17-18,23-26,31-36,47-48H,7-10,13-16H2,1-2H3,(H,43,45)(H,44,46)(H,53,54)(H,55,56)/t25-,26-,31?,32?,33-,34-,35-,36-/m0/s1. The summed E-state index contributed by atoms with van der Waals surface area (Å²) in [6.45, 7) is 4.23. The average Bonchev–Trinajstić information content (AvgIpc) is 4.14. The molecule has 10 rings (SSSR count). The summed E-state index contributed by atoms with van der Waals surface area (Å²) in [5, 5.41) is 23.8. The number of carboxylic acid groups (broad SMARTS) is 2. The predicted octanol–water partition coefficient (Wildman–Crippen LogP) is 6.17. The number of H-pyrrole nitrogens is 2. The summed E-state index contributed by atoms with van der Waals surface area (Å²) in [6.07, 6.45) is 8.36. The number of rotatable bonds is 11. The molecule has 290 valence electrons. The molecule has 2 saturated heterocycles. The van der Waals surface area contributed by atoms with Crippen LogP contribution in [0.2, 0.25) is 0 Å². The molecule has 4 saturated carbocycles. The Balaban J connectivity index is 0.843. The summed E-state index contributed by atoms with van der Waals surface area (Å²) in [7, 11) is 0. The first-order valence-corrected chi connectivity index (χ1v) is 20.0. The van der Waals surface area contributed by atoms with E-state index in [1.54, 1.807) is 0 Å². The molecule has 2 aromatic heterocycles. The number of fused-ring (bicyclic) bond motifs is 2. The Bertz CT molecular complexity index is 2260. The number of carbonyl (C=O) groups is 4. The highest BCUT2D eigenvalue weighted by molar-refractivity contribution is 5.88. The molecule has 0 bridgehead atoms. The van der Waals surface area contributed by atoms with E-state index in [4.69, 9.17) is 9.97 Å². The van der Waals surface area contributed by atoms with E-state index in [0.29, 0.717) is 11.8 Å². The maximum absolute atomic E-state index is 13.7. The van der Waals surface area contributed by atoms with E-state index in [1.807, 2.05) is 22.2 Å². The third kappa shape index (κ3) is 6.09. The summed E-state index contributed by atoms with van der Waals surface area (Å²) >= 11 is 0. The zero-order valence-corrected chi connectivity index (χ0v) is 31.4. The highest BCUT2D eigenvalue weighted by Crippen LogP contribution is 2.55. The second-order valence-electron chi connectivity index (χ2n) is 17.0. The zero-order valence-electron chi connectivity index (χ0n) is 31.4. The first kappa shape index (κ1) is 34.8. The van der Waals surface area contributed by atoms with Crippen LogP contribution in [0.1, 0.15) is 86.2 Å². The SMILES string of the molecule is Cc1c(-c2ccc(-c3cnc([C@@H]4C[C@@H]5CC5N4C(=O)[C@@H](NC(=O)O)C4CC4)[nH]3)cc2)ccc(-c2cnc([C@@H]3C[C@@H]4CC4N3C(=O)[C@@H](NC(=O)O)C3CC3)[nH]2)c1C. The fraction of sp³-hybridized carbons (Fsp3) is 0.476. The van der Waals surface area contributed by atoms with Crippen LogP contribution in [0.5, 0.6) is 0 Å². The van der Waals surface area contributed by atoms with E-state index in [-0.39, 0.29) is 47.8 Å². The van der Waals surface area contributed by atoms with Crippen molar-refractivity contribution in [3.8, 4) is 33.6 Å². The van der Waals surface area contributed by atoms with E-state index >= 15 is 0 Å². The van der Waals surface area contributed by atoms with Crippen molar-refractivity contribution in [2.75, 3.05) is 0 Å². The van der Waals surface area contributed by atoms with Gasteiger partial charge in [0, 0.05) is 17.6 Å². The number of hydrogen-bond donors (Lipinski definition) is 6. The Kier molecular flexibility index (Phi) is 8.05. The Morgan fingerprint density at radius 1 is 0.643 bits per heavy atom. The Morgan fingerprint density at radius 3 is 1.59 bits per heavy atom. The van der Waals surface area contributed by atoms with E-state index in [0.717, 1.165) is 108 Å². The van der Waals surface area contributed by atoms with Gasteiger partial charge in [0.15, 0.2) is 0 Å². The predicted molar refractivity (Wildman–Crippen MR) is 204 cm³/mol. The molecule has 4 amide bonds. The Labute approximate surface area is 323 Å². The molecule has 6 N–H and O–H groups in total. The number of amides is 4. The molecule has 2 aliphatic heterocycles. The molecule has 6 fully saturated rings. The van der Waals surface area contributed by atoms with Crippen molar-refractivity contribution in [2.24, 2.45) is 23.7 Å². The minimum atomic E-state index is -1.16. The van der Waals surface area contributed by atoms with Crippen molar-refractivity contribution in [3.05, 3.63) is 71.6 Å². The largest absolute Gasteiger partial charge is 0.465 e. The van der Waals surface area contributed by atoms with Gasteiger partial charge in [0.2, 0.25) is 11.8 Å². The van der Waals surface area contributed by atoms with Crippen molar-refractivity contribution in [2.45, 2.75) is 101 Å². The number of nitrogens with zero attached hydrogens (tertiary/aromatic N) is 4. The lowest BCUT2D eigenvalue weighted by molar-refractivity contribution is -0.136. The van der Waals surface area contributed by atoms with Crippen LogP contribution in [0, 0.1) is 37.5 Å². The van der Waals surface area contributed by atoms with Gasteiger partial charge < -0.3 is 40.6 Å². The molecule has 14 nitrogen and oxygen atoms in total. The number of likely N-dealkylation sites (tertiary alicyclic amines) is 2. The number of aromatic amines is 2. The van der Waals surface area contributed by atoms with Gasteiger partial charge in [-0.25, -0.2) is 19.6 Å². The topological polar surface area (TPSA) is 197 Å². The Morgan fingerprint density at radius 2 is 1.09 bits per heavy atom. The first-order chi connectivity index (χ1) is 27.0. The highest BCUT2D eigenvalue weighted by atomic mass is 16.4. The van der Waals surface area contributed by atoms with E-state index in [2.05, 4.69) is 70.8 Å². The smallest absolute Gasteiger partial charge is 0.405 e. The van der Waals surface area contributed by atoms with Crippen molar-refractivity contribution in [1.29, 1.82) is 0 Å². The van der Waals surface area contributed by atoms with E-state index in [1.165, 1.54) is 0 Å². The monoisotopic (exact) mass is 758 g/mol. The molecule has 56 heavy (non-hydrogen) atoms. The van der Waals surface area contributed by atoms with Gasteiger partial charge >= 0.3 is 12.2 Å². The van der Waals surface area contributed by atoms with Crippen molar-refractivity contribution in [1.82, 2.24) is 40.4 Å². The number of nitrogens with one attached hydrogen (secondary N) is 4. The molecule has 0 spiro atoms. The number of imidazole rings is 2. The number of hydrogen-bond acceptors (Lipinski definition) is 6. The maximum Gasteiger partial charge on any atom is 0.405 e. The van der Waals surface area contributed by atoms with Gasteiger partial charge in [-0.2, -0.15) is 0 Å². The third-order valence-electron chi connectivity index (χ3n) is 13.4. The Hall–Kier alpha value is -5.66. The van der Waals surface area contributed by atoms with Gasteiger partial charge in [0.1, 0.15) is 23.7 Å². The number of benzene rings is 2. The van der Waals surface area contributed by atoms with Crippen molar-refractivity contribution >= 4 is 24.0 Å². The summed E-state index contributed by atoms with van der Waals surface area (Å²) in [5.41, 5.74) is 8.23. The molecule has 2 aromatic carbocycles. The molecule has 0 radical (unpaired) electrons. The van der Waals surface area contributed by atoms with E-state index in [9.17, 15) is 29.4 Å². The van der Waals surface area contributed by atoms with Crippen molar-refractivity contribution < 1.29 is 29.4 Å². The van der Waals surface area contributed by atoms with Crippen molar-refractivity contribution in [3.63, 3.8) is 0 Å². The van der Waals surface area contributed by atoms with Crippen LogP contribution >= 0.6 is 0 Å². The van der Waals surface area contributed by atoms with Gasteiger partial charge in [-0.05, 0) is 117 Å². The quantitative estimate of drug-likeness (QED) is 0.104. The van der Waals surface area contributed by atoms with Crippen LogP contribution in [0.4, 0.5) is 9.59 Å². The number of aromatic nitrogens is 4. The van der Waals surface area contributed by atoms with Gasteiger partial charge in [-0.3, -0.25) is 9.59 Å². The van der Waals surface area contributed by atoms with Gasteiger partial charge in [-0.1, -0.05) is 36.4 Å². The first-order valence-electron chi connectivity index (χ1n) is 20.0. The molecule has 4 heterocycles. The van der Waals surface area contributed by atoms with Gasteiger partial charge in [0.25, 0.3) is 0 Å². The lowest BCUT2D eigenvalue weighted by Gasteiger charge is -2.30. The fourth-order valence-electron chi connectivity index (χ4n) is 9.79. The maximum atomic E-state index is 13.7. The molecule has 6 aliphatic rings. The second-order valence-corrected chi connectivity index (χ2v) is 17.0. The molecule has 8 atom stereocenters. The van der Waals surface area contributed by atoms with Crippen LogP contribution in [-0.4, -0.2) is 88.1 Å². The summed E-state index contributed by atoms with van der Waals surface area (Å²) in [5.74, 6) is 2.22. The molecule has 2 unspecified atom stereocenters. The fourth-order valence-corrected chi connectivity index (χ4v) is 9.79. The van der Waals surface area contributed by atoms with Crippen LogP contribution < -0.4 is 10.6 Å². The number of carbonyl (C=O) groups excluding carboxylic acids is 2. The highest BCUT2D eigenvalue weighted by Gasteiger charge is 2.58. The second kappa shape index (κ2) is 13.0. The summed E-state index contributed by atoms with van der Waals surface area (Å²) in [6, 6.07) is 11.1. The third-order valence-corrected chi connectivity index (χ3v) is 13.4. The van der Waals surface area contributed by atoms with Gasteiger partial charge in [-0.15, -0.1) is 0 Å². The van der Waals surface area contributed by atoms with Gasteiger partial charge in [0.05, 0.1) is 35.9 Å². The zero-order chi connectivity index (χ0) is 38.6. The molecular formula is C42H46N8O6. The normalized spacial score (nSPS) is 27.0. The minimum absolute atomic E-state index is 0.0662. The lowest BCUT2D eigenvalue weighted by Crippen LogP contribution is -2.50. The lowest BCUT2D eigenvalue weighted by atomic mass is 9.92. The summed E-state index contributed by atoms with van der Waals surface area (Å²) < 4.78 is 0. The molecule has 4 aromatic rings. The molecule has 14 heteroatoms.